The zero-order valence-corrected chi connectivity index (χ0v) is 12.8. The number of aryl methyl sites for hydroxylation is 1. The molecule has 0 saturated carbocycles. The van der Waals surface area contributed by atoms with Crippen LogP contribution in [0.25, 0.3) is 22.4 Å². The topological polar surface area (TPSA) is 47.1 Å². The van der Waals surface area contributed by atoms with E-state index >= 15 is 0 Å². The first-order valence-corrected chi connectivity index (χ1v) is 6.88. The van der Waals surface area contributed by atoms with Crippen LogP contribution in [-0.4, -0.2) is 24.2 Å². The molecule has 0 bridgehead atoms. The number of H-pyrrole nitrogens is 1. The smallest absolute Gasteiger partial charge is 0.163 e. The molecule has 4 nitrogen and oxygen atoms in total. The van der Waals surface area contributed by atoms with Crippen molar-refractivity contribution in [2.24, 2.45) is 0 Å². The Morgan fingerprint density at radius 2 is 1.76 bits per heavy atom. The number of hydrogen-bond acceptors (Lipinski definition) is 3. The summed E-state index contributed by atoms with van der Waals surface area (Å²) in [4.78, 5) is 7.92. The Morgan fingerprint density at radius 1 is 1.05 bits per heavy atom. The van der Waals surface area contributed by atoms with Gasteiger partial charge in [-0.3, -0.25) is 0 Å². The van der Waals surface area contributed by atoms with Gasteiger partial charge in [0, 0.05) is 22.7 Å². The van der Waals surface area contributed by atoms with E-state index in [2.05, 4.69) is 9.97 Å². The Hall–Kier alpha value is -2.20. The molecule has 1 aromatic heterocycles. The zero-order valence-electron chi connectivity index (χ0n) is 12.0. The molecule has 108 valence electrons. The maximum atomic E-state index is 6.08. The number of aromatic amines is 1. The molecular formula is C16H15ClN2O2. The molecule has 3 aromatic rings. The lowest BCUT2D eigenvalue weighted by Gasteiger charge is -2.06. The summed E-state index contributed by atoms with van der Waals surface area (Å²) >= 11 is 6.08. The first kappa shape index (κ1) is 13.8. The normalized spacial score (nSPS) is 10.9. The van der Waals surface area contributed by atoms with Crippen molar-refractivity contribution in [1.82, 2.24) is 9.97 Å². The summed E-state index contributed by atoms with van der Waals surface area (Å²) in [6.07, 6.45) is 0. The summed E-state index contributed by atoms with van der Waals surface area (Å²) in [7, 11) is 3.22. The molecule has 21 heavy (non-hydrogen) atoms. The van der Waals surface area contributed by atoms with Crippen LogP contribution in [0.5, 0.6) is 11.5 Å². The number of nitrogens with zero attached hydrogens (tertiary/aromatic N) is 1. The largest absolute Gasteiger partial charge is 0.493 e. The molecule has 0 amide bonds. The molecular weight excluding hydrogens is 288 g/mol. The molecule has 0 atom stereocenters. The maximum Gasteiger partial charge on any atom is 0.163 e. The first-order valence-electron chi connectivity index (χ1n) is 6.50. The Bertz CT molecular complexity index is 770. The first-order chi connectivity index (χ1) is 10.1. The van der Waals surface area contributed by atoms with Crippen molar-refractivity contribution < 1.29 is 9.47 Å². The number of rotatable bonds is 3. The van der Waals surface area contributed by atoms with Crippen molar-refractivity contribution in [2.75, 3.05) is 14.2 Å². The highest BCUT2D eigenvalue weighted by atomic mass is 35.5. The van der Waals surface area contributed by atoms with Gasteiger partial charge < -0.3 is 14.5 Å². The van der Waals surface area contributed by atoms with Gasteiger partial charge >= 0.3 is 0 Å². The van der Waals surface area contributed by atoms with Gasteiger partial charge in [0.1, 0.15) is 5.82 Å². The fourth-order valence-electron chi connectivity index (χ4n) is 2.31. The fraction of sp³-hybridized carbons (Fsp3) is 0.188. The molecule has 0 spiro atoms. The van der Waals surface area contributed by atoms with Gasteiger partial charge in [0.2, 0.25) is 0 Å². The van der Waals surface area contributed by atoms with E-state index in [9.17, 15) is 0 Å². The molecule has 0 aliphatic heterocycles. The van der Waals surface area contributed by atoms with Crippen LogP contribution in [0.2, 0.25) is 5.02 Å². The second-order valence-corrected chi connectivity index (χ2v) is 5.21. The highest BCUT2D eigenvalue weighted by molar-refractivity contribution is 6.30. The van der Waals surface area contributed by atoms with Gasteiger partial charge in [0.05, 0.1) is 25.3 Å². The van der Waals surface area contributed by atoms with E-state index in [4.69, 9.17) is 21.1 Å². The van der Waals surface area contributed by atoms with E-state index in [0.717, 1.165) is 28.0 Å². The molecule has 0 saturated heterocycles. The molecule has 0 unspecified atom stereocenters. The number of aromatic nitrogens is 2. The number of methoxy groups -OCH3 is 2. The summed E-state index contributed by atoms with van der Waals surface area (Å²) in [5.41, 5.74) is 3.80. The molecule has 3 rings (SSSR count). The fourth-order valence-corrected chi connectivity index (χ4v) is 2.49. The minimum Gasteiger partial charge on any atom is -0.493 e. The Kier molecular flexibility index (Phi) is 3.47. The molecule has 0 aliphatic carbocycles. The maximum absolute atomic E-state index is 6.08. The third kappa shape index (κ3) is 2.43. The highest BCUT2D eigenvalue weighted by Crippen LogP contribution is 2.33. The van der Waals surface area contributed by atoms with Crippen LogP contribution in [0, 0.1) is 6.92 Å². The summed E-state index contributed by atoms with van der Waals surface area (Å²) in [6.45, 7) is 2.03. The van der Waals surface area contributed by atoms with Gasteiger partial charge in [0.25, 0.3) is 0 Å². The summed E-state index contributed by atoms with van der Waals surface area (Å²) in [5, 5.41) is 0.686. The number of ether oxygens (including phenoxy) is 2. The molecule has 1 N–H and O–H groups in total. The van der Waals surface area contributed by atoms with Crippen molar-refractivity contribution >= 4 is 22.6 Å². The van der Waals surface area contributed by atoms with Crippen LogP contribution in [0.3, 0.4) is 0 Å². The second kappa shape index (κ2) is 5.30. The number of nitrogens with one attached hydrogen (secondary N) is 1. The molecule has 1 heterocycles. The SMILES string of the molecule is COc1cc2nc(-c3cc(Cl)ccc3C)[nH]c2cc1OC. The Morgan fingerprint density at radius 3 is 2.48 bits per heavy atom. The molecule has 0 fully saturated rings. The predicted molar refractivity (Wildman–Crippen MR) is 84.4 cm³/mol. The molecule has 0 radical (unpaired) electrons. The van der Waals surface area contributed by atoms with E-state index in [1.807, 2.05) is 37.3 Å². The molecule has 2 aromatic carbocycles. The van der Waals surface area contributed by atoms with Gasteiger partial charge in [-0.05, 0) is 24.6 Å². The van der Waals surface area contributed by atoms with Gasteiger partial charge in [0.15, 0.2) is 11.5 Å². The van der Waals surface area contributed by atoms with Crippen LogP contribution in [0.4, 0.5) is 0 Å². The van der Waals surface area contributed by atoms with E-state index in [1.54, 1.807) is 14.2 Å². The quantitative estimate of drug-likeness (QED) is 0.788. The van der Waals surface area contributed by atoms with Crippen LogP contribution >= 0.6 is 11.6 Å². The average molecular weight is 303 g/mol. The molecule has 0 aliphatic rings. The second-order valence-electron chi connectivity index (χ2n) is 4.77. The van der Waals surface area contributed by atoms with Crippen molar-refractivity contribution in [3.8, 4) is 22.9 Å². The standard InChI is InChI=1S/C16H15ClN2O2/c1-9-4-5-10(17)6-11(9)16-18-12-7-14(20-2)15(21-3)8-13(12)19-16/h4-8H,1-3H3,(H,18,19). The van der Waals surface area contributed by atoms with E-state index in [0.29, 0.717) is 16.5 Å². The van der Waals surface area contributed by atoms with Crippen molar-refractivity contribution in [3.63, 3.8) is 0 Å². The zero-order chi connectivity index (χ0) is 15.0. The summed E-state index contributed by atoms with van der Waals surface area (Å²) < 4.78 is 10.6. The van der Waals surface area contributed by atoms with Crippen molar-refractivity contribution in [2.45, 2.75) is 6.92 Å². The monoisotopic (exact) mass is 302 g/mol. The van der Waals surface area contributed by atoms with Gasteiger partial charge in [-0.1, -0.05) is 17.7 Å². The van der Waals surface area contributed by atoms with Crippen molar-refractivity contribution in [1.29, 1.82) is 0 Å². The predicted octanol–water partition coefficient (Wildman–Crippen LogP) is 4.21. The number of hydrogen-bond donors (Lipinski definition) is 1. The van der Waals surface area contributed by atoms with Gasteiger partial charge in [-0.2, -0.15) is 0 Å². The van der Waals surface area contributed by atoms with Crippen LogP contribution in [-0.2, 0) is 0 Å². The Labute approximate surface area is 127 Å². The lowest BCUT2D eigenvalue weighted by Crippen LogP contribution is -1.89. The third-order valence-corrected chi connectivity index (χ3v) is 3.68. The lowest BCUT2D eigenvalue weighted by molar-refractivity contribution is 0.356. The number of imidazole rings is 1. The van der Waals surface area contributed by atoms with E-state index in [1.165, 1.54) is 0 Å². The Balaban J connectivity index is 2.19. The van der Waals surface area contributed by atoms with Crippen LogP contribution in [0.1, 0.15) is 5.56 Å². The molecule has 5 heteroatoms. The van der Waals surface area contributed by atoms with E-state index in [-0.39, 0.29) is 0 Å². The van der Waals surface area contributed by atoms with Crippen LogP contribution in [0.15, 0.2) is 30.3 Å². The summed E-state index contributed by atoms with van der Waals surface area (Å²) in [5.74, 6) is 2.11. The summed E-state index contributed by atoms with van der Waals surface area (Å²) in [6, 6.07) is 9.49. The number of benzene rings is 2. The van der Waals surface area contributed by atoms with Crippen molar-refractivity contribution in [3.05, 3.63) is 40.9 Å². The number of halogens is 1. The van der Waals surface area contributed by atoms with Gasteiger partial charge in [-0.25, -0.2) is 4.98 Å². The minimum atomic E-state index is 0.658. The minimum absolute atomic E-state index is 0.658. The lowest BCUT2D eigenvalue weighted by atomic mass is 10.1. The number of fused-ring (bicyclic) bond motifs is 1. The van der Waals surface area contributed by atoms with Gasteiger partial charge in [-0.15, -0.1) is 0 Å². The van der Waals surface area contributed by atoms with E-state index < -0.39 is 0 Å². The van der Waals surface area contributed by atoms with Crippen LogP contribution < -0.4 is 9.47 Å². The highest BCUT2D eigenvalue weighted by Gasteiger charge is 2.12. The third-order valence-electron chi connectivity index (χ3n) is 3.44. The average Bonchev–Trinajstić information content (AvgIpc) is 2.90.